The number of amides is 3. The SMILES string of the molecule is O=C(O)CCNC(=O)N1CCN(C(=O)c2ccccc2)CC1. The summed E-state index contributed by atoms with van der Waals surface area (Å²) in [6.07, 6.45) is -0.0990. The molecule has 7 heteroatoms. The summed E-state index contributed by atoms with van der Waals surface area (Å²) in [5.41, 5.74) is 0.641. The van der Waals surface area contributed by atoms with Crippen LogP contribution in [0.5, 0.6) is 0 Å². The summed E-state index contributed by atoms with van der Waals surface area (Å²) in [5, 5.41) is 11.1. The van der Waals surface area contributed by atoms with Gasteiger partial charge in [0.1, 0.15) is 0 Å². The summed E-state index contributed by atoms with van der Waals surface area (Å²) < 4.78 is 0. The van der Waals surface area contributed by atoms with Crippen LogP contribution in [-0.4, -0.2) is 65.5 Å². The van der Waals surface area contributed by atoms with E-state index in [1.165, 1.54) is 0 Å². The monoisotopic (exact) mass is 305 g/mol. The number of nitrogens with one attached hydrogen (secondary N) is 1. The zero-order chi connectivity index (χ0) is 15.9. The van der Waals surface area contributed by atoms with Crippen LogP contribution in [-0.2, 0) is 4.79 Å². The number of carboxylic acid groups (broad SMARTS) is 1. The lowest BCUT2D eigenvalue weighted by Crippen LogP contribution is -2.53. The molecule has 0 atom stereocenters. The third-order valence-corrected chi connectivity index (χ3v) is 3.49. The molecule has 7 nitrogen and oxygen atoms in total. The minimum Gasteiger partial charge on any atom is -0.481 e. The van der Waals surface area contributed by atoms with E-state index in [0.717, 1.165) is 0 Å². The molecule has 0 aliphatic carbocycles. The number of urea groups is 1. The van der Waals surface area contributed by atoms with E-state index < -0.39 is 5.97 Å². The zero-order valence-corrected chi connectivity index (χ0v) is 12.2. The van der Waals surface area contributed by atoms with Crippen LogP contribution in [0.25, 0.3) is 0 Å². The van der Waals surface area contributed by atoms with Crippen molar-refractivity contribution in [1.82, 2.24) is 15.1 Å². The quantitative estimate of drug-likeness (QED) is 0.853. The van der Waals surface area contributed by atoms with E-state index in [0.29, 0.717) is 31.7 Å². The Balaban J connectivity index is 1.79. The number of nitrogens with zero attached hydrogens (tertiary/aromatic N) is 2. The number of carbonyl (C=O) groups excluding carboxylic acids is 2. The first kappa shape index (κ1) is 15.8. The van der Waals surface area contributed by atoms with Gasteiger partial charge >= 0.3 is 12.0 Å². The highest BCUT2D eigenvalue weighted by Gasteiger charge is 2.24. The van der Waals surface area contributed by atoms with Gasteiger partial charge in [0.2, 0.25) is 0 Å². The molecule has 0 bridgehead atoms. The average Bonchev–Trinajstić information content (AvgIpc) is 2.54. The highest BCUT2D eigenvalue weighted by atomic mass is 16.4. The van der Waals surface area contributed by atoms with Crippen molar-refractivity contribution in [2.45, 2.75) is 6.42 Å². The summed E-state index contributed by atoms with van der Waals surface area (Å²) in [4.78, 5) is 37.8. The fourth-order valence-electron chi connectivity index (χ4n) is 2.26. The van der Waals surface area contributed by atoms with Crippen LogP contribution in [0.1, 0.15) is 16.8 Å². The maximum Gasteiger partial charge on any atom is 0.317 e. The topological polar surface area (TPSA) is 89.9 Å². The molecule has 22 heavy (non-hydrogen) atoms. The lowest BCUT2D eigenvalue weighted by Gasteiger charge is -2.34. The van der Waals surface area contributed by atoms with E-state index in [9.17, 15) is 14.4 Å². The first-order chi connectivity index (χ1) is 10.6. The Morgan fingerprint density at radius 1 is 1.00 bits per heavy atom. The third kappa shape index (κ3) is 4.21. The van der Waals surface area contributed by atoms with Gasteiger partial charge in [-0.2, -0.15) is 0 Å². The fourth-order valence-corrected chi connectivity index (χ4v) is 2.26. The normalized spacial score (nSPS) is 14.5. The Bertz CT molecular complexity index is 539. The number of carboxylic acids is 1. The van der Waals surface area contributed by atoms with E-state index in [4.69, 9.17) is 5.11 Å². The van der Waals surface area contributed by atoms with Crippen molar-refractivity contribution in [3.05, 3.63) is 35.9 Å². The second-order valence-electron chi connectivity index (χ2n) is 5.02. The summed E-state index contributed by atoms with van der Waals surface area (Å²) in [5.74, 6) is -0.981. The van der Waals surface area contributed by atoms with E-state index in [-0.39, 0.29) is 24.9 Å². The molecule has 118 valence electrons. The van der Waals surface area contributed by atoms with Crippen LogP contribution in [0, 0.1) is 0 Å². The number of aliphatic carboxylic acids is 1. The van der Waals surface area contributed by atoms with Crippen molar-refractivity contribution in [2.24, 2.45) is 0 Å². The summed E-state index contributed by atoms with van der Waals surface area (Å²) in [6, 6.07) is 8.75. The summed E-state index contributed by atoms with van der Waals surface area (Å²) in [7, 11) is 0. The van der Waals surface area contributed by atoms with Crippen LogP contribution >= 0.6 is 0 Å². The predicted octanol–water partition coefficient (Wildman–Crippen LogP) is 0.629. The number of carbonyl (C=O) groups is 3. The van der Waals surface area contributed by atoms with Crippen molar-refractivity contribution in [3.63, 3.8) is 0 Å². The molecule has 2 rings (SSSR count). The maximum atomic E-state index is 12.3. The van der Waals surface area contributed by atoms with Gasteiger partial charge in [-0.15, -0.1) is 0 Å². The highest BCUT2D eigenvalue weighted by Crippen LogP contribution is 2.08. The minimum atomic E-state index is -0.946. The molecule has 0 radical (unpaired) electrons. The Morgan fingerprint density at radius 2 is 1.59 bits per heavy atom. The van der Waals surface area contributed by atoms with Crippen molar-refractivity contribution in [1.29, 1.82) is 0 Å². The van der Waals surface area contributed by atoms with Crippen molar-refractivity contribution >= 4 is 17.9 Å². The molecule has 0 saturated carbocycles. The van der Waals surface area contributed by atoms with Gasteiger partial charge in [-0.25, -0.2) is 4.79 Å². The number of benzene rings is 1. The van der Waals surface area contributed by atoms with Crippen LogP contribution in [0.15, 0.2) is 30.3 Å². The van der Waals surface area contributed by atoms with Crippen LogP contribution in [0.4, 0.5) is 4.79 Å². The van der Waals surface area contributed by atoms with Gasteiger partial charge in [0.25, 0.3) is 5.91 Å². The van der Waals surface area contributed by atoms with Gasteiger partial charge in [-0.3, -0.25) is 9.59 Å². The molecule has 2 N–H and O–H groups in total. The van der Waals surface area contributed by atoms with Crippen LogP contribution < -0.4 is 5.32 Å². The first-order valence-electron chi connectivity index (χ1n) is 7.17. The molecular weight excluding hydrogens is 286 g/mol. The van der Waals surface area contributed by atoms with Gasteiger partial charge < -0.3 is 20.2 Å². The molecule has 1 aliphatic rings. The standard InChI is InChI=1S/C15H19N3O4/c19-13(20)6-7-16-15(22)18-10-8-17(9-11-18)14(21)12-4-2-1-3-5-12/h1-5H,6-11H2,(H,16,22)(H,19,20). The molecule has 0 aromatic heterocycles. The fraction of sp³-hybridized carbons (Fsp3) is 0.400. The predicted molar refractivity (Wildman–Crippen MR) is 79.6 cm³/mol. The van der Waals surface area contributed by atoms with Crippen molar-refractivity contribution in [2.75, 3.05) is 32.7 Å². The van der Waals surface area contributed by atoms with Crippen LogP contribution in [0.2, 0.25) is 0 Å². The minimum absolute atomic E-state index is 0.0356. The van der Waals surface area contributed by atoms with Gasteiger partial charge in [0.05, 0.1) is 6.42 Å². The van der Waals surface area contributed by atoms with Crippen molar-refractivity contribution < 1.29 is 19.5 Å². The maximum absolute atomic E-state index is 12.3. The first-order valence-corrected chi connectivity index (χ1v) is 7.17. The number of piperazine rings is 1. The second kappa shape index (κ2) is 7.44. The Labute approximate surface area is 128 Å². The van der Waals surface area contributed by atoms with E-state index in [1.807, 2.05) is 18.2 Å². The summed E-state index contributed by atoms with van der Waals surface area (Å²) in [6.45, 7) is 1.94. The molecular formula is C15H19N3O4. The largest absolute Gasteiger partial charge is 0.481 e. The Kier molecular flexibility index (Phi) is 5.35. The van der Waals surface area contributed by atoms with Crippen molar-refractivity contribution in [3.8, 4) is 0 Å². The molecule has 1 fully saturated rings. The van der Waals surface area contributed by atoms with Crippen LogP contribution in [0.3, 0.4) is 0 Å². The van der Waals surface area contributed by atoms with E-state index >= 15 is 0 Å². The smallest absolute Gasteiger partial charge is 0.317 e. The average molecular weight is 305 g/mol. The zero-order valence-electron chi connectivity index (χ0n) is 12.2. The third-order valence-electron chi connectivity index (χ3n) is 3.49. The molecule has 0 unspecified atom stereocenters. The molecule has 1 heterocycles. The van der Waals surface area contributed by atoms with Gasteiger partial charge in [0, 0.05) is 38.3 Å². The van der Waals surface area contributed by atoms with E-state index in [2.05, 4.69) is 5.32 Å². The van der Waals surface area contributed by atoms with Gasteiger partial charge in [0.15, 0.2) is 0 Å². The molecule has 1 aromatic carbocycles. The van der Waals surface area contributed by atoms with E-state index in [1.54, 1.807) is 21.9 Å². The number of rotatable bonds is 4. The molecule has 1 aliphatic heterocycles. The molecule has 0 spiro atoms. The molecule has 1 saturated heterocycles. The number of hydrogen-bond acceptors (Lipinski definition) is 3. The highest BCUT2D eigenvalue weighted by molar-refractivity contribution is 5.94. The molecule has 3 amide bonds. The van der Waals surface area contributed by atoms with Gasteiger partial charge in [-0.05, 0) is 12.1 Å². The Morgan fingerprint density at radius 3 is 2.18 bits per heavy atom. The van der Waals surface area contributed by atoms with Gasteiger partial charge in [-0.1, -0.05) is 18.2 Å². The number of hydrogen-bond donors (Lipinski definition) is 2. The lowest BCUT2D eigenvalue weighted by atomic mass is 10.2. The lowest BCUT2D eigenvalue weighted by molar-refractivity contribution is -0.136. The molecule has 1 aromatic rings. The Hall–Kier alpha value is -2.57. The second-order valence-corrected chi connectivity index (χ2v) is 5.02. The summed E-state index contributed by atoms with van der Waals surface area (Å²) >= 11 is 0.